The maximum absolute atomic E-state index is 5.85. The first kappa shape index (κ1) is 8.38. The van der Waals surface area contributed by atoms with Crippen LogP contribution in [-0.4, -0.2) is 16.6 Å². The third kappa shape index (κ3) is 1.25. The predicted molar refractivity (Wildman–Crippen MR) is 55.3 cm³/mol. The van der Waals surface area contributed by atoms with Crippen molar-refractivity contribution >= 4 is 28.6 Å². The molecule has 1 heterocycles. The quantitative estimate of drug-likeness (QED) is 0.757. The summed E-state index contributed by atoms with van der Waals surface area (Å²) < 4.78 is 1.99. The third-order valence-electron chi connectivity index (χ3n) is 2.07. The van der Waals surface area contributed by atoms with Crippen LogP contribution < -0.4 is 5.32 Å². The van der Waals surface area contributed by atoms with Crippen LogP contribution in [0.4, 0.5) is 5.95 Å². The Morgan fingerprint density at radius 1 is 1.46 bits per heavy atom. The number of benzene rings is 1. The van der Waals surface area contributed by atoms with Gasteiger partial charge in [-0.25, -0.2) is 4.98 Å². The van der Waals surface area contributed by atoms with Gasteiger partial charge in [0.15, 0.2) is 0 Å². The minimum absolute atomic E-state index is 0.716. The monoisotopic (exact) mass is 195 g/mol. The number of halogens is 1. The zero-order chi connectivity index (χ0) is 9.42. The van der Waals surface area contributed by atoms with Crippen LogP contribution in [0, 0.1) is 0 Å². The Morgan fingerprint density at radius 3 is 2.92 bits per heavy atom. The molecular formula is C9H10ClN3. The summed E-state index contributed by atoms with van der Waals surface area (Å²) in [5, 5.41) is 3.73. The molecule has 0 saturated carbocycles. The fourth-order valence-electron chi connectivity index (χ4n) is 1.40. The lowest BCUT2D eigenvalue weighted by Crippen LogP contribution is -1.97. The van der Waals surface area contributed by atoms with Crippen LogP contribution in [0.5, 0.6) is 0 Å². The van der Waals surface area contributed by atoms with Crippen LogP contribution in [0.15, 0.2) is 18.2 Å². The lowest BCUT2D eigenvalue weighted by molar-refractivity contribution is 0.952. The molecule has 2 rings (SSSR count). The van der Waals surface area contributed by atoms with E-state index in [1.165, 1.54) is 0 Å². The van der Waals surface area contributed by atoms with E-state index in [0.717, 1.165) is 17.0 Å². The third-order valence-corrected chi connectivity index (χ3v) is 2.30. The summed E-state index contributed by atoms with van der Waals surface area (Å²) in [6.07, 6.45) is 0. The van der Waals surface area contributed by atoms with Crippen molar-refractivity contribution in [3.63, 3.8) is 0 Å². The largest absolute Gasteiger partial charge is 0.359 e. The number of hydrogen-bond acceptors (Lipinski definition) is 2. The molecular weight excluding hydrogens is 186 g/mol. The summed E-state index contributed by atoms with van der Waals surface area (Å²) >= 11 is 5.85. The Morgan fingerprint density at radius 2 is 2.23 bits per heavy atom. The lowest BCUT2D eigenvalue weighted by atomic mass is 10.3. The molecule has 2 aromatic rings. The normalized spacial score (nSPS) is 10.7. The molecule has 1 N–H and O–H groups in total. The molecule has 0 bridgehead atoms. The lowest BCUT2D eigenvalue weighted by Gasteiger charge is -1.98. The highest BCUT2D eigenvalue weighted by Crippen LogP contribution is 2.21. The first-order chi connectivity index (χ1) is 6.22. The van der Waals surface area contributed by atoms with E-state index in [1.54, 1.807) is 0 Å². The Labute approximate surface area is 81.3 Å². The van der Waals surface area contributed by atoms with Crippen molar-refractivity contribution in [2.45, 2.75) is 0 Å². The Balaban J connectivity index is 2.76. The Hall–Kier alpha value is -1.22. The van der Waals surface area contributed by atoms with E-state index >= 15 is 0 Å². The molecule has 0 aliphatic heterocycles. The number of aromatic nitrogens is 2. The first-order valence-electron chi connectivity index (χ1n) is 4.02. The predicted octanol–water partition coefficient (Wildman–Crippen LogP) is 2.27. The van der Waals surface area contributed by atoms with E-state index in [4.69, 9.17) is 11.6 Å². The number of nitrogens with one attached hydrogen (secondary N) is 1. The van der Waals surface area contributed by atoms with Gasteiger partial charge in [-0.15, -0.1) is 0 Å². The molecule has 0 aliphatic carbocycles. The van der Waals surface area contributed by atoms with Crippen molar-refractivity contribution in [1.82, 2.24) is 9.55 Å². The minimum Gasteiger partial charge on any atom is -0.359 e. The maximum Gasteiger partial charge on any atom is 0.203 e. The van der Waals surface area contributed by atoms with Gasteiger partial charge < -0.3 is 9.88 Å². The molecule has 1 aromatic heterocycles. The molecule has 4 heteroatoms. The second-order valence-electron chi connectivity index (χ2n) is 2.88. The molecule has 1 aromatic carbocycles. The first-order valence-corrected chi connectivity index (χ1v) is 4.40. The summed E-state index contributed by atoms with van der Waals surface area (Å²) in [5.41, 5.74) is 1.99. The number of fused-ring (bicyclic) bond motifs is 1. The van der Waals surface area contributed by atoms with E-state index in [9.17, 15) is 0 Å². The van der Waals surface area contributed by atoms with Gasteiger partial charge in [0.05, 0.1) is 11.0 Å². The molecule has 0 aliphatic rings. The van der Waals surface area contributed by atoms with E-state index in [2.05, 4.69) is 10.3 Å². The molecule has 0 fully saturated rings. The number of anilines is 1. The standard InChI is InChI=1S/C9H10ClN3/c1-11-9-12-7-5-6(10)3-4-8(7)13(9)2/h3-5H,1-2H3,(H,11,12). The van der Waals surface area contributed by atoms with Crippen molar-refractivity contribution in [3.05, 3.63) is 23.2 Å². The summed E-state index contributed by atoms with van der Waals surface area (Å²) in [6, 6.07) is 5.69. The van der Waals surface area contributed by atoms with Gasteiger partial charge in [-0.1, -0.05) is 11.6 Å². The average Bonchev–Trinajstić information content (AvgIpc) is 2.42. The summed E-state index contributed by atoms with van der Waals surface area (Å²) in [5.74, 6) is 0.845. The van der Waals surface area contributed by atoms with E-state index in [-0.39, 0.29) is 0 Å². The SMILES string of the molecule is CNc1nc2cc(Cl)ccc2n1C. The van der Waals surface area contributed by atoms with E-state index in [1.807, 2.05) is 36.9 Å². The highest BCUT2D eigenvalue weighted by molar-refractivity contribution is 6.31. The van der Waals surface area contributed by atoms with Crippen molar-refractivity contribution in [2.75, 3.05) is 12.4 Å². The number of hydrogen-bond donors (Lipinski definition) is 1. The van der Waals surface area contributed by atoms with Crippen molar-refractivity contribution in [1.29, 1.82) is 0 Å². The maximum atomic E-state index is 5.85. The fourth-order valence-corrected chi connectivity index (χ4v) is 1.56. The zero-order valence-electron chi connectivity index (χ0n) is 7.50. The van der Waals surface area contributed by atoms with Crippen LogP contribution in [-0.2, 0) is 7.05 Å². The van der Waals surface area contributed by atoms with Crippen LogP contribution in [0.25, 0.3) is 11.0 Å². The highest BCUT2D eigenvalue weighted by atomic mass is 35.5. The number of aryl methyl sites for hydroxylation is 1. The van der Waals surface area contributed by atoms with Gasteiger partial charge in [0.2, 0.25) is 5.95 Å². The molecule has 0 saturated heterocycles. The topological polar surface area (TPSA) is 29.9 Å². The van der Waals surface area contributed by atoms with E-state index < -0.39 is 0 Å². The summed E-state index contributed by atoms with van der Waals surface area (Å²) in [7, 11) is 3.82. The van der Waals surface area contributed by atoms with Gasteiger partial charge >= 0.3 is 0 Å². The fraction of sp³-hybridized carbons (Fsp3) is 0.222. The van der Waals surface area contributed by atoms with Gasteiger partial charge in [-0.2, -0.15) is 0 Å². The summed E-state index contributed by atoms with van der Waals surface area (Å²) in [6.45, 7) is 0. The molecule has 0 amide bonds. The average molecular weight is 196 g/mol. The smallest absolute Gasteiger partial charge is 0.203 e. The number of rotatable bonds is 1. The van der Waals surface area contributed by atoms with Gasteiger partial charge in [0, 0.05) is 19.1 Å². The molecule has 68 valence electrons. The van der Waals surface area contributed by atoms with Crippen molar-refractivity contribution in [2.24, 2.45) is 7.05 Å². The molecule has 3 nitrogen and oxygen atoms in total. The Bertz CT molecular complexity index is 447. The van der Waals surface area contributed by atoms with Gasteiger partial charge in [0.25, 0.3) is 0 Å². The molecule has 0 radical (unpaired) electrons. The molecule has 0 atom stereocenters. The van der Waals surface area contributed by atoms with Crippen LogP contribution in [0.2, 0.25) is 5.02 Å². The van der Waals surface area contributed by atoms with E-state index in [0.29, 0.717) is 5.02 Å². The van der Waals surface area contributed by atoms with Gasteiger partial charge in [-0.3, -0.25) is 0 Å². The van der Waals surface area contributed by atoms with Crippen molar-refractivity contribution < 1.29 is 0 Å². The molecule has 13 heavy (non-hydrogen) atoms. The molecule has 0 spiro atoms. The molecule has 0 unspecified atom stereocenters. The van der Waals surface area contributed by atoms with Crippen LogP contribution >= 0.6 is 11.6 Å². The summed E-state index contributed by atoms with van der Waals surface area (Å²) in [4.78, 5) is 4.36. The second-order valence-corrected chi connectivity index (χ2v) is 3.31. The minimum atomic E-state index is 0.716. The Kier molecular flexibility index (Phi) is 1.88. The van der Waals surface area contributed by atoms with Gasteiger partial charge in [0.1, 0.15) is 0 Å². The second kappa shape index (κ2) is 2.92. The highest BCUT2D eigenvalue weighted by Gasteiger charge is 2.05. The van der Waals surface area contributed by atoms with Crippen LogP contribution in [0.3, 0.4) is 0 Å². The van der Waals surface area contributed by atoms with Crippen LogP contribution in [0.1, 0.15) is 0 Å². The van der Waals surface area contributed by atoms with Crippen molar-refractivity contribution in [3.8, 4) is 0 Å². The number of imidazole rings is 1. The zero-order valence-corrected chi connectivity index (χ0v) is 8.26. The van der Waals surface area contributed by atoms with Gasteiger partial charge in [-0.05, 0) is 18.2 Å². The number of nitrogens with zero attached hydrogens (tertiary/aromatic N) is 2.